The monoisotopic (exact) mass is 494 g/mol. The van der Waals surface area contributed by atoms with Gasteiger partial charge in [0.15, 0.2) is 0 Å². The van der Waals surface area contributed by atoms with Gasteiger partial charge in [0, 0.05) is 16.4 Å². The third kappa shape index (κ3) is 6.58. The number of para-hydroxylation sites is 2. The summed E-state index contributed by atoms with van der Waals surface area (Å²) in [4.78, 5) is 7.91. The number of nitrogens with zero attached hydrogens (tertiary/aromatic N) is 2. The third-order valence-corrected chi connectivity index (χ3v) is 4.87. The molecule has 0 fully saturated rings. The second-order valence-electron chi connectivity index (χ2n) is 6.76. The van der Waals surface area contributed by atoms with Crippen molar-refractivity contribution >= 4 is 39.1 Å². The highest BCUT2D eigenvalue weighted by Gasteiger charge is 2.35. The van der Waals surface area contributed by atoms with E-state index in [0.717, 1.165) is 29.9 Å². The van der Waals surface area contributed by atoms with Gasteiger partial charge in [-0.15, -0.1) is 0 Å². The molecule has 164 valence electrons. The Morgan fingerprint density at radius 1 is 1.00 bits per heavy atom. The van der Waals surface area contributed by atoms with Crippen LogP contribution in [-0.4, -0.2) is 16.6 Å². The van der Waals surface area contributed by atoms with Gasteiger partial charge in [0.05, 0.1) is 12.3 Å². The van der Waals surface area contributed by atoms with Gasteiger partial charge in [-0.25, -0.2) is 4.98 Å². The first kappa shape index (κ1) is 22.9. The molecule has 0 aliphatic rings. The van der Waals surface area contributed by atoms with E-state index in [1.807, 2.05) is 0 Å². The van der Waals surface area contributed by atoms with Gasteiger partial charge < -0.3 is 15.4 Å². The number of alkyl halides is 3. The first-order valence-corrected chi connectivity index (χ1v) is 10.6. The Morgan fingerprint density at radius 3 is 2.45 bits per heavy atom. The summed E-state index contributed by atoms with van der Waals surface area (Å²) in [6, 6.07) is 14.0. The van der Waals surface area contributed by atoms with Crippen LogP contribution in [0.2, 0.25) is 0 Å². The second kappa shape index (κ2) is 10.5. The van der Waals surface area contributed by atoms with E-state index in [-0.39, 0.29) is 11.8 Å². The van der Waals surface area contributed by atoms with E-state index in [1.165, 1.54) is 0 Å². The molecule has 2 aromatic carbocycles. The first-order chi connectivity index (χ1) is 14.9. The molecule has 2 N–H and O–H groups in total. The normalized spacial score (nSPS) is 11.3. The molecule has 1 heterocycles. The van der Waals surface area contributed by atoms with Crippen LogP contribution in [0.15, 0.2) is 59.2 Å². The minimum Gasteiger partial charge on any atom is -0.491 e. The Bertz CT molecular complexity index is 997. The fourth-order valence-electron chi connectivity index (χ4n) is 2.76. The SMILES string of the molecule is CCCCCOc1ccccc1Nc1nc(Nc2ccc(Br)cc2)ncc1C(F)(F)F. The lowest BCUT2D eigenvalue weighted by atomic mass is 10.2. The molecule has 5 nitrogen and oxygen atoms in total. The average Bonchev–Trinajstić information content (AvgIpc) is 2.73. The van der Waals surface area contributed by atoms with Crippen LogP contribution in [0.1, 0.15) is 31.7 Å². The Morgan fingerprint density at radius 2 is 1.74 bits per heavy atom. The zero-order chi connectivity index (χ0) is 22.3. The number of rotatable bonds is 9. The number of halogens is 4. The number of hydrogen-bond acceptors (Lipinski definition) is 5. The van der Waals surface area contributed by atoms with Crippen molar-refractivity contribution in [3.63, 3.8) is 0 Å². The molecule has 3 rings (SSSR count). The van der Waals surface area contributed by atoms with E-state index in [1.54, 1.807) is 48.5 Å². The Labute approximate surface area is 187 Å². The molecule has 0 saturated carbocycles. The van der Waals surface area contributed by atoms with Gasteiger partial charge in [-0.05, 0) is 42.8 Å². The van der Waals surface area contributed by atoms with Crippen LogP contribution in [0.4, 0.5) is 36.3 Å². The van der Waals surface area contributed by atoms with Gasteiger partial charge in [-0.2, -0.15) is 18.2 Å². The predicted molar refractivity (Wildman–Crippen MR) is 119 cm³/mol. The molecule has 1 aromatic heterocycles. The first-order valence-electron chi connectivity index (χ1n) is 9.82. The highest BCUT2D eigenvalue weighted by molar-refractivity contribution is 9.10. The molecule has 31 heavy (non-hydrogen) atoms. The van der Waals surface area contributed by atoms with E-state index in [9.17, 15) is 13.2 Å². The van der Waals surface area contributed by atoms with E-state index >= 15 is 0 Å². The fraction of sp³-hybridized carbons (Fsp3) is 0.273. The molecule has 0 radical (unpaired) electrons. The average molecular weight is 495 g/mol. The maximum Gasteiger partial charge on any atom is 0.421 e. The van der Waals surface area contributed by atoms with Crippen LogP contribution in [-0.2, 0) is 6.18 Å². The smallest absolute Gasteiger partial charge is 0.421 e. The van der Waals surface area contributed by atoms with Crippen molar-refractivity contribution in [2.45, 2.75) is 32.4 Å². The summed E-state index contributed by atoms with van der Waals surface area (Å²) < 4.78 is 47.3. The van der Waals surface area contributed by atoms with Crippen molar-refractivity contribution in [3.8, 4) is 5.75 Å². The zero-order valence-electron chi connectivity index (χ0n) is 16.8. The molecular formula is C22H22BrF3N4O. The molecular weight excluding hydrogens is 473 g/mol. The standard InChI is InChI=1S/C22H22BrF3N4O/c1-2-3-6-13-31-19-8-5-4-7-18(19)29-20-17(22(24,25)26)14-27-21(30-20)28-16-11-9-15(23)10-12-16/h4-5,7-12,14H,2-3,6,13H2,1H3,(H2,27,28,29,30). The summed E-state index contributed by atoms with van der Waals surface area (Å²) in [6.45, 7) is 2.57. The lowest BCUT2D eigenvalue weighted by Crippen LogP contribution is -2.13. The molecule has 0 bridgehead atoms. The number of unbranched alkanes of at least 4 members (excludes halogenated alkanes) is 2. The maximum atomic E-state index is 13.6. The maximum absolute atomic E-state index is 13.6. The number of hydrogen-bond donors (Lipinski definition) is 2. The summed E-state index contributed by atoms with van der Waals surface area (Å²) in [6.07, 6.45) is -0.915. The lowest BCUT2D eigenvalue weighted by molar-refractivity contribution is -0.137. The number of aromatic nitrogens is 2. The van der Waals surface area contributed by atoms with Crippen molar-refractivity contribution in [2.75, 3.05) is 17.2 Å². The highest BCUT2D eigenvalue weighted by Crippen LogP contribution is 2.37. The van der Waals surface area contributed by atoms with Crippen LogP contribution >= 0.6 is 15.9 Å². The van der Waals surface area contributed by atoms with E-state index in [2.05, 4.69) is 43.5 Å². The van der Waals surface area contributed by atoms with Crippen LogP contribution in [0.25, 0.3) is 0 Å². The Hall–Kier alpha value is -2.81. The predicted octanol–water partition coefficient (Wildman–Crippen LogP) is 7.31. The minimum atomic E-state index is -4.62. The molecule has 0 amide bonds. The highest BCUT2D eigenvalue weighted by atomic mass is 79.9. The van der Waals surface area contributed by atoms with Crippen molar-refractivity contribution in [1.82, 2.24) is 9.97 Å². The number of nitrogens with one attached hydrogen (secondary N) is 2. The van der Waals surface area contributed by atoms with Crippen molar-refractivity contribution < 1.29 is 17.9 Å². The summed E-state index contributed by atoms with van der Waals surface area (Å²) in [5, 5.41) is 5.70. The fourth-order valence-corrected chi connectivity index (χ4v) is 3.03. The number of ether oxygens (including phenoxy) is 1. The van der Waals surface area contributed by atoms with Crippen LogP contribution in [0, 0.1) is 0 Å². The summed E-state index contributed by atoms with van der Waals surface area (Å²) in [7, 11) is 0. The quantitative estimate of drug-likeness (QED) is 0.305. The number of benzene rings is 2. The largest absolute Gasteiger partial charge is 0.491 e. The summed E-state index contributed by atoms with van der Waals surface area (Å²) >= 11 is 3.34. The van der Waals surface area contributed by atoms with E-state index in [4.69, 9.17) is 4.74 Å². The summed E-state index contributed by atoms with van der Waals surface area (Å²) in [5.74, 6) is 0.152. The minimum absolute atomic E-state index is 0.0409. The van der Waals surface area contributed by atoms with Crippen molar-refractivity contribution in [3.05, 3.63) is 64.8 Å². The van der Waals surface area contributed by atoms with Crippen LogP contribution < -0.4 is 15.4 Å². The Balaban J connectivity index is 1.87. The van der Waals surface area contributed by atoms with E-state index < -0.39 is 11.7 Å². The molecule has 0 spiro atoms. The van der Waals surface area contributed by atoms with Crippen molar-refractivity contribution in [2.24, 2.45) is 0 Å². The van der Waals surface area contributed by atoms with Crippen molar-refractivity contribution in [1.29, 1.82) is 0 Å². The molecule has 0 atom stereocenters. The molecule has 9 heteroatoms. The van der Waals surface area contributed by atoms with Crippen LogP contribution in [0.5, 0.6) is 5.75 Å². The number of anilines is 4. The Kier molecular flexibility index (Phi) is 7.73. The van der Waals surface area contributed by atoms with Gasteiger partial charge in [0.1, 0.15) is 17.1 Å². The third-order valence-electron chi connectivity index (χ3n) is 4.34. The van der Waals surface area contributed by atoms with Gasteiger partial charge >= 0.3 is 6.18 Å². The molecule has 3 aromatic rings. The second-order valence-corrected chi connectivity index (χ2v) is 7.68. The van der Waals surface area contributed by atoms with Gasteiger partial charge in [0.2, 0.25) is 5.95 Å². The van der Waals surface area contributed by atoms with E-state index in [0.29, 0.717) is 23.7 Å². The van der Waals surface area contributed by atoms with Gasteiger partial charge in [0.25, 0.3) is 0 Å². The molecule has 0 aliphatic heterocycles. The zero-order valence-corrected chi connectivity index (χ0v) is 18.4. The molecule has 0 unspecified atom stereocenters. The molecule has 0 saturated heterocycles. The van der Waals surface area contributed by atoms with Crippen LogP contribution in [0.3, 0.4) is 0 Å². The van der Waals surface area contributed by atoms with Gasteiger partial charge in [-0.3, -0.25) is 0 Å². The van der Waals surface area contributed by atoms with Gasteiger partial charge in [-0.1, -0.05) is 47.8 Å². The molecule has 0 aliphatic carbocycles. The topological polar surface area (TPSA) is 59.1 Å². The lowest BCUT2D eigenvalue weighted by Gasteiger charge is -2.17. The summed E-state index contributed by atoms with van der Waals surface area (Å²) in [5.41, 5.74) is 0.0843.